The quantitative estimate of drug-likeness (QED) is 0.843. The van der Waals surface area contributed by atoms with Crippen LogP contribution in [0, 0.1) is 17.7 Å². The molecule has 0 bridgehead atoms. The first-order valence-corrected chi connectivity index (χ1v) is 7.22. The molecule has 1 aromatic carbocycles. The van der Waals surface area contributed by atoms with Crippen LogP contribution in [0.4, 0.5) is 10.1 Å². The van der Waals surface area contributed by atoms with Crippen LogP contribution in [0.5, 0.6) is 0 Å². The number of nitrogens with two attached hydrogens (primary N) is 1. The fourth-order valence-corrected chi connectivity index (χ4v) is 1.96. The second kappa shape index (κ2) is 7.32. The lowest BCUT2D eigenvalue weighted by atomic mass is 10.2. The Kier molecular flexibility index (Phi) is 6.05. The largest absolute Gasteiger partial charge is 0.325 e. The molecule has 0 unspecified atom stereocenters. The molecule has 0 radical (unpaired) electrons. The fourth-order valence-electron chi connectivity index (χ4n) is 1.32. The first kappa shape index (κ1) is 16.5. The van der Waals surface area contributed by atoms with Gasteiger partial charge < -0.3 is 11.1 Å². The van der Waals surface area contributed by atoms with E-state index in [1.165, 1.54) is 18.2 Å². The Morgan fingerprint density at radius 3 is 2.75 bits per heavy atom. The summed E-state index contributed by atoms with van der Waals surface area (Å²) in [5.41, 5.74) is 6.02. The van der Waals surface area contributed by atoms with Crippen molar-refractivity contribution in [2.24, 2.45) is 5.73 Å². The number of rotatable bonds is 3. The number of nitrogens with one attached hydrogen (secondary N) is 1. The minimum atomic E-state index is -0.423. The maximum Gasteiger partial charge on any atom is 0.234 e. The smallest absolute Gasteiger partial charge is 0.234 e. The lowest BCUT2D eigenvalue weighted by molar-refractivity contribution is -0.113. The third kappa shape index (κ3) is 6.09. The molecule has 1 amide bonds. The van der Waals surface area contributed by atoms with E-state index in [-0.39, 0.29) is 22.8 Å². The summed E-state index contributed by atoms with van der Waals surface area (Å²) in [4.78, 5) is 11.8. The molecule has 1 aromatic rings. The van der Waals surface area contributed by atoms with Gasteiger partial charge in [-0.15, -0.1) is 11.8 Å². The van der Waals surface area contributed by atoms with E-state index >= 15 is 0 Å². The van der Waals surface area contributed by atoms with Crippen LogP contribution in [0.1, 0.15) is 26.3 Å². The Morgan fingerprint density at radius 2 is 2.15 bits per heavy atom. The molecule has 3 nitrogen and oxygen atoms in total. The number of benzene rings is 1. The highest BCUT2D eigenvalue weighted by Gasteiger charge is 2.13. The summed E-state index contributed by atoms with van der Waals surface area (Å²) in [6, 6.07) is 4.31. The number of carbonyl (C=O) groups is 1. The van der Waals surface area contributed by atoms with E-state index < -0.39 is 5.82 Å². The van der Waals surface area contributed by atoms with Crippen LogP contribution in [-0.2, 0) is 4.79 Å². The molecule has 0 aliphatic carbocycles. The van der Waals surface area contributed by atoms with Gasteiger partial charge >= 0.3 is 0 Å². The zero-order valence-electron chi connectivity index (χ0n) is 11.9. The molecule has 0 atom stereocenters. The number of thioether (sulfide) groups is 1. The van der Waals surface area contributed by atoms with Gasteiger partial charge in [-0.05, 0) is 18.2 Å². The standard InChI is InChI=1S/C15H19FN2OS/c1-15(2,3)20-10-14(19)18-12-6-7-13(16)11(9-12)5-4-8-17/h6-7,9H,8,10,17H2,1-3H3,(H,18,19). The molecule has 5 heteroatoms. The predicted octanol–water partition coefficient (Wildman–Crippen LogP) is 2.61. The summed E-state index contributed by atoms with van der Waals surface area (Å²) in [5.74, 6) is 5.04. The highest BCUT2D eigenvalue weighted by molar-refractivity contribution is 8.01. The molecule has 0 aliphatic rings. The van der Waals surface area contributed by atoms with Crippen LogP contribution in [-0.4, -0.2) is 23.0 Å². The van der Waals surface area contributed by atoms with Crippen molar-refractivity contribution in [1.82, 2.24) is 0 Å². The van der Waals surface area contributed by atoms with Crippen LogP contribution in [0.25, 0.3) is 0 Å². The maximum atomic E-state index is 13.5. The van der Waals surface area contributed by atoms with E-state index in [1.807, 2.05) is 20.8 Å². The van der Waals surface area contributed by atoms with Crippen LogP contribution in [0.3, 0.4) is 0 Å². The Balaban J connectivity index is 2.71. The van der Waals surface area contributed by atoms with Gasteiger partial charge in [0.25, 0.3) is 0 Å². The van der Waals surface area contributed by atoms with E-state index in [9.17, 15) is 9.18 Å². The zero-order chi connectivity index (χ0) is 15.2. The van der Waals surface area contributed by atoms with Gasteiger partial charge in [0.2, 0.25) is 5.91 Å². The van der Waals surface area contributed by atoms with Gasteiger partial charge in [-0.2, -0.15) is 0 Å². The van der Waals surface area contributed by atoms with Crippen molar-refractivity contribution in [1.29, 1.82) is 0 Å². The molecule has 0 aliphatic heterocycles. The minimum absolute atomic E-state index is 0.0257. The van der Waals surface area contributed by atoms with Gasteiger partial charge in [0.1, 0.15) is 5.82 Å². The van der Waals surface area contributed by atoms with E-state index in [0.29, 0.717) is 11.4 Å². The number of anilines is 1. The van der Waals surface area contributed by atoms with Gasteiger partial charge in [0.15, 0.2) is 0 Å². The summed E-state index contributed by atoms with van der Waals surface area (Å²) in [6.45, 7) is 6.30. The van der Waals surface area contributed by atoms with Crippen molar-refractivity contribution in [3.8, 4) is 11.8 Å². The Hall–Kier alpha value is -1.51. The maximum absolute atomic E-state index is 13.5. The molecular formula is C15H19FN2OS. The number of halogens is 1. The van der Waals surface area contributed by atoms with Crippen LogP contribution in [0.15, 0.2) is 18.2 Å². The van der Waals surface area contributed by atoms with Crippen molar-refractivity contribution < 1.29 is 9.18 Å². The zero-order valence-corrected chi connectivity index (χ0v) is 12.7. The fraction of sp³-hybridized carbons (Fsp3) is 0.400. The third-order valence-corrected chi connectivity index (χ3v) is 3.48. The van der Waals surface area contributed by atoms with Crippen LogP contribution >= 0.6 is 11.8 Å². The van der Waals surface area contributed by atoms with Crippen LogP contribution in [0.2, 0.25) is 0 Å². The van der Waals surface area contributed by atoms with E-state index in [4.69, 9.17) is 5.73 Å². The molecule has 1 rings (SSSR count). The molecule has 3 N–H and O–H groups in total. The van der Waals surface area contributed by atoms with E-state index in [0.717, 1.165) is 0 Å². The third-order valence-electron chi connectivity index (χ3n) is 2.21. The second-order valence-corrected chi connectivity index (χ2v) is 6.95. The molecule has 108 valence electrons. The predicted molar refractivity (Wildman–Crippen MR) is 83.2 cm³/mol. The number of hydrogen-bond donors (Lipinski definition) is 2. The Bertz CT molecular complexity index is 541. The Labute approximate surface area is 123 Å². The average Bonchev–Trinajstić information content (AvgIpc) is 2.36. The van der Waals surface area contributed by atoms with Crippen molar-refractivity contribution in [3.63, 3.8) is 0 Å². The summed E-state index contributed by atoms with van der Waals surface area (Å²) in [5, 5.41) is 2.73. The second-order valence-electron chi connectivity index (χ2n) is 5.15. The van der Waals surface area contributed by atoms with Crippen molar-refractivity contribution in [2.45, 2.75) is 25.5 Å². The monoisotopic (exact) mass is 294 g/mol. The average molecular weight is 294 g/mol. The number of hydrogen-bond acceptors (Lipinski definition) is 3. The van der Waals surface area contributed by atoms with Gasteiger partial charge in [0, 0.05) is 10.4 Å². The minimum Gasteiger partial charge on any atom is -0.325 e. The number of carbonyl (C=O) groups excluding carboxylic acids is 1. The highest BCUT2D eigenvalue weighted by atomic mass is 32.2. The van der Waals surface area contributed by atoms with Gasteiger partial charge in [-0.3, -0.25) is 4.79 Å². The summed E-state index contributed by atoms with van der Waals surface area (Å²) in [6.07, 6.45) is 0. The molecule has 0 saturated carbocycles. The lowest BCUT2D eigenvalue weighted by Gasteiger charge is -2.17. The van der Waals surface area contributed by atoms with Gasteiger partial charge in [0.05, 0.1) is 17.9 Å². The highest BCUT2D eigenvalue weighted by Crippen LogP contribution is 2.23. The van der Waals surface area contributed by atoms with Crippen molar-refractivity contribution in [2.75, 3.05) is 17.6 Å². The summed E-state index contributed by atoms with van der Waals surface area (Å²) < 4.78 is 13.5. The normalized spacial score (nSPS) is 10.7. The molecule has 0 heterocycles. The molecule has 0 spiro atoms. The van der Waals surface area contributed by atoms with E-state index in [1.54, 1.807) is 11.8 Å². The summed E-state index contributed by atoms with van der Waals surface area (Å²) in [7, 11) is 0. The molecular weight excluding hydrogens is 275 g/mol. The molecule has 0 saturated heterocycles. The number of amides is 1. The first-order valence-electron chi connectivity index (χ1n) is 6.24. The Morgan fingerprint density at radius 1 is 1.45 bits per heavy atom. The topological polar surface area (TPSA) is 55.1 Å². The van der Waals surface area contributed by atoms with Crippen molar-refractivity contribution >= 4 is 23.4 Å². The molecule has 0 fully saturated rings. The van der Waals surface area contributed by atoms with Crippen molar-refractivity contribution in [3.05, 3.63) is 29.6 Å². The van der Waals surface area contributed by atoms with Gasteiger partial charge in [-0.1, -0.05) is 32.6 Å². The SMILES string of the molecule is CC(C)(C)SCC(=O)Nc1ccc(F)c(C#CCN)c1. The van der Waals surface area contributed by atoms with Crippen LogP contribution < -0.4 is 11.1 Å². The molecule has 20 heavy (non-hydrogen) atoms. The van der Waals surface area contributed by atoms with E-state index in [2.05, 4.69) is 17.2 Å². The summed E-state index contributed by atoms with van der Waals surface area (Å²) >= 11 is 1.55. The molecule has 0 aromatic heterocycles. The first-order chi connectivity index (χ1) is 9.31. The lowest BCUT2D eigenvalue weighted by Crippen LogP contribution is -2.19. The van der Waals surface area contributed by atoms with Gasteiger partial charge in [-0.25, -0.2) is 4.39 Å².